The molecule has 0 spiro atoms. The van der Waals surface area contributed by atoms with Crippen molar-refractivity contribution < 1.29 is 0 Å². The van der Waals surface area contributed by atoms with E-state index in [1.807, 2.05) is 6.92 Å². The average molecular weight is 147 g/mol. The van der Waals surface area contributed by atoms with E-state index >= 15 is 0 Å². The third kappa shape index (κ3) is 2.33. The first-order chi connectivity index (χ1) is 3.55. The van der Waals surface area contributed by atoms with Crippen molar-refractivity contribution in [2.45, 2.75) is 13.8 Å². The number of hydrogen-bond donors (Lipinski definition) is 0. The summed E-state index contributed by atoms with van der Waals surface area (Å²) in [7, 11) is 1.08. The summed E-state index contributed by atoms with van der Waals surface area (Å²) >= 11 is 5.59. The summed E-state index contributed by atoms with van der Waals surface area (Å²) in [6.45, 7) is 7.68. The zero-order valence-electron chi connectivity index (χ0n) is 5.59. The van der Waals surface area contributed by atoms with Gasteiger partial charge < -0.3 is 0 Å². The molecule has 0 aliphatic carbocycles. The molecule has 0 radical (unpaired) electrons. The molecular formula is C6H11ClSi. The summed E-state index contributed by atoms with van der Waals surface area (Å²) in [6, 6.07) is 0. The van der Waals surface area contributed by atoms with E-state index in [1.165, 1.54) is 5.20 Å². The smallest absolute Gasteiger partial charge is 0.0358 e. The van der Waals surface area contributed by atoms with Crippen molar-refractivity contribution in [2.24, 2.45) is 0 Å². The number of allylic oxidation sites excluding steroid dienone is 3. The SMILES string of the molecule is C=C(Cl)C(C)=C(C)[SiH3]. The molecule has 0 saturated carbocycles. The third-order valence-corrected chi connectivity index (χ3v) is 2.19. The topological polar surface area (TPSA) is 0 Å². The molecule has 0 nitrogen and oxygen atoms in total. The molecule has 0 unspecified atom stereocenters. The number of halogens is 1. The van der Waals surface area contributed by atoms with Crippen LogP contribution in [-0.4, -0.2) is 10.2 Å². The molecule has 0 atom stereocenters. The molecule has 0 rings (SSSR count). The minimum absolute atomic E-state index is 0.678. The van der Waals surface area contributed by atoms with Crippen LogP contribution in [0.2, 0.25) is 0 Å². The van der Waals surface area contributed by atoms with Crippen molar-refractivity contribution in [2.75, 3.05) is 0 Å². The van der Waals surface area contributed by atoms with E-state index in [2.05, 4.69) is 13.5 Å². The van der Waals surface area contributed by atoms with Gasteiger partial charge in [0.2, 0.25) is 0 Å². The van der Waals surface area contributed by atoms with Gasteiger partial charge in [0.05, 0.1) is 0 Å². The average Bonchev–Trinajstić information content (AvgIpc) is 1.64. The molecule has 0 aliphatic rings. The Morgan fingerprint density at radius 2 is 1.88 bits per heavy atom. The van der Waals surface area contributed by atoms with Crippen LogP contribution in [0.3, 0.4) is 0 Å². The summed E-state index contributed by atoms with van der Waals surface area (Å²) < 4.78 is 0. The van der Waals surface area contributed by atoms with Gasteiger partial charge in [0, 0.05) is 15.3 Å². The normalized spacial score (nSPS) is 13.4. The molecule has 0 heterocycles. The first kappa shape index (κ1) is 7.99. The Kier molecular flexibility index (Phi) is 3.10. The summed E-state index contributed by atoms with van der Waals surface area (Å²) in [6.07, 6.45) is 0. The standard InChI is InChI=1S/C6H11ClSi/c1-4(5(2)7)6(3)8/h2H2,1,3,8H3. The van der Waals surface area contributed by atoms with Crippen LogP contribution in [0.1, 0.15) is 13.8 Å². The lowest BCUT2D eigenvalue weighted by molar-refractivity contribution is 1.43. The van der Waals surface area contributed by atoms with Gasteiger partial charge in [0.15, 0.2) is 0 Å². The minimum Gasteiger partial charge on any atom is -0.0905 e. The molecule has 2 heteroatoms. The van der Waals surface area contributed by atoms with E-state index < -0.39 is 0 Å². The van der Waals surface area contributed by atoms with E-state index in [4.69, 9.17) is 11.6 Å². The van der Waals surface area contributed by atoms with Gasteiger partial charge in [-0.25, -0.2) is 0 Å². The molecule has 0 N–H and O–H groups in total. The van der Waals surface area contributed by atoms with Gasteiger partial charge in [0.1, 0.15) is 0 Å². The molecule has 0 aromatic carbocycles. The molecule has 0 aromatic rings. The van der Waals surface area contributed by atoms with Crippen molar-refractivity contribution >= 4 is 21.8 Å². The van der Waals surface area contributed by atoms with Gasteiger partial charge in [-0.05, 0) is 19.4 Å². The van der Waals surface area contributed by atoms with Crippen molar-refractivity contribution in [1.82, 2.24) is 0 Å². The maximum absolute atomic E-state index is 5.59. The molecule has 0 saturated heterocycles. The van der Waals surface area contributed by atoms with Crippen LogP contribution in [0.4, 0.5) is 0 Å². The molecule has 0 amide bonds. The Hall–Kier alpha value is -0.0131. The van der Waals surface area contributed by atoms with Crippen LogP contribution >= 0.6 is 11.6 Å². The van der Waals surface area contributed by atoms with Crippen LogP contribution in [0.5, 0.6) is 0 Å². The van der Waals surface area contributed by atoms with Gasteiger partial charge in [0.25, 0.3) is 0 Å². The summed E-state index contributed by atoms with van der Waals surface area (Å²) in [5.41, 5.74) is 1.15. The Bertz CT molecular complexity index is 131. The molecule has 46 valence electrons. The molecular weight excluding hydrogens is 136 g/mol. The van der Waals surface area contributed by atoms with Crippen molar-refractivity contribution in [3.63, 3.8) is 0 Å². The largest absolute Gasteiger partial charge is 0.0905 e. The second kappa shape index (κ2) is 3.10. The summed E-state index contributed by atoms with van der Waals surface area (Å²) in [5.74, 6) is 0. The fourth-order valence-corrected chi connectivity index (χ4v) is 0.921. The number of hydrogen-bond acceptors (Lipinski definition) is 0. The van der Waals surface area contributed by atoms with Gasteiger partial charge in [-0.2, -0.15) is 0 Å². The molecule has 0 fully saturated rings. The fraction of sp³-hybridized carbons (Fsp3) is 0.333. The van der Waals surface area contributed by atoms with Crippen LogP contribution in [0.15, 0.2) is 22.4 Å². The molecule has 0 bridgehead atoms. The maximum atomic E-state index is 5.59. The van der Waals surface area contributed by atoms with Crippen molar-refractivity contribution in [3.05, 3.63) is 22.4 Å². The summed E-state index contributed by atoms with van der Waals surface area (Å²) in [5, 5.41) is 2.04. The monoisotopic (exact) mass is 146 g/mol. The van der Waals surface area contributed by atoms with E-state index in [-0.39, 0.29) is 0 Å². The minimum atomic E-state index is 0.678. The van der Waals surface area contributed by atoms with E-state index in [1.54, 1.807) is 0 Å². The van der Waals surface area contributed by atoms with Crippen LogP contribution < -0.4 is 0 Å². The van der Waals surface area contributed by atoms with Crippen LogP contribution in [-0.2, 0) is 0 Å². The maximum Gasteiger partial charge on any atom is 0.0358 e. The lowest BCUT2D eigenvalue weighted by Crippen LogP contribution is -1.80. The second-order valence-electron chi connectivity index (χ2n) is 2.03. The predicted octanol–water partition coefficient (Wildman–Crippen LogP) is 1.40. The molecule has 0 aromatic heterocycles. The Labute approximate surface area is 58.7 Å². The van der Waals surface area contributed by atoms with Gasteiger partial charge >= 0.3 is 0 Å². The van der Waals surface area contributed by atoms with E-state index in [9.17, 15) is 0 Å². The first-order valence-corrected chi connectivity index (χ1v) is 3.92. The third-order valence-electron chi connectivity index (χ3n) is 1.16. The zero-order valence-corrected chi connectivity index (χ0v) is 8.34. The molecule has 8 heavy (non-hydrogen) atoms. The Morgan fingerprint density at radius 1 is 1.50 bits per heavy atom. The van der Waals surface area contributed by atoms with Crippen LogP contribution in [0, 0.1) is 0 Å². The fourth-order valence-electron chi connectivity index (χ4n) is 0.271. The highest BCUT2D eigenvalue weighted by Gasteiger charge is 1.91. The zero-order chi connectivity index (χ0) is 6.73. The number of rotatable bonds is 1. The van der Waals surface area contributed by atoms with E-state index in [0.717, 1.165) is 15.8 Å². The van der Waals surface area contributed by atoms with Crippen LogP contribution in [0.25, 0.3) is 0 Å². The lowest BCUT2D eigenvalue weighted by atomic mass is 10.3. The summed E-state index contributed by atoms with van der Waals surface area (Å²) in [4.78, 5) is 0. The predicted molar refractivity (Wildman–Crippen MR) is 43.3 cm³/mol. The Morgan fingerprint density at radius 3 is 1.88 bits per heavy atom. The molecule has 0 aliphatic heterocycles. The van der Waals surface area contributed by atoms with Gasteiger partial charge in [-0.15, -0.1) is 0 Å². The van der Waals surface area contributed by atoms with Gasteiger partial charge in [-0.1, -0.05) is 23.4 Å². The van der Waals surface area contributed by atoms with Gasteiger partial charge in [-0.3, -0.25) is 0 Å². The Balaban J connectivity index is 4.23. The van der Waals surface area contributed by atoms with Crippen molar-refractivity contribution in [3.8, 4) is 0 Å². The van der Waals surface area contributed by atoms with Crippen molar-refractivity contribution in [1.29, 1.82) is 0 Å². The highest BCUT2D eigenvalue weighted by molar-refractivity contribution is 6.33. The highest BCUT2D eigenvalue weighted by Crippen LogP contribution is 2.12. The first-order valence-electron chi connectivity index (χ1n) is 2.54. The van der Waals surface area contributed by atoms with E-state index in [0.29, 0.717) is 5.03 Å². The quantitative estimate of drug-likeness (QED) is 0.388. The second-order valence-corrected chi connectivity index (χ2v) is 3.99. The highest BCUT2D eigenvalue weighted by atomic mass is 35.5. The lowest BCUT2D eigenvalue weighted by Gasteiger charge is -1.97.